The third-order valence-corrected chi connectivity index (χ3v) is 11.0. The molecule has 326 valence electrons. The molecule has 0 aromatic heterocycles. The van der Waals surface area contributed by atoms with E-state index in [9.17, 15) is 29.3 Å². The third-order valence-electron chi connectivity index (χ3n) is 10.1. The van der Waals surface area contributed by atoms with E-state index >= 15 is 0 Å². The van der Waals surface area contributed by atoms with Gasteiger partial charge in [-0.2, -0.15) is 5.11 Å². The van der Waals surface area contributed by atoms with E-state index in [2.05, 4.69) is 51.4 Å². The topological polar surface area (TPSA) is 225 Å². The normalized spacial score (nSPS) is 14.2. The maximum Gasteiger partial charge on any atom is 0.339 e. The van der Waals surface area contributed by atoms with Gasteiger partial charge in [0, 0.05) is 29.8 Å². The first kappa shape index (κ1) is 50.4. The first-order valence-electron chi connectivity index (χ1n) is 19.9. The van der Waals surface area contributed by atoms with Crippen molar-refractivity contribution >= 4 is 54.7 Å². The predicted octanol–water partition coefficient (Wildman–Crippen LogP) is 9.45. The number of likely N-dealkylation sites (N-methyl/N-ethyl adjacent to an activating group) is 1. The van der Waals surface area contributed by atoms with Crippen LogP contribution in [0.15, 0.2) is 57.8 Å². The molecule has 0 fully saturated rings. The summed E-state index contributed by atoms with van der Waals surface area (Å²) in [5.41, 5.74) is 8.93. The molecule has 0 spiro atoms. The molecule has 0 N–H and O–H groups in total. The van der Waals surface area contributed by atoms with Gasteiger partial charge in [-0.15, -0.1) is 10.7 Å². The van der Waals surface area contributed by atoms with E-state index in [-0.39, 0.29) is 50.5 Å². The zero-order valence-corrected chi connectivity index (χ0v) is 37.5. The van der Waals surface area contributed by atoms with E-state index < -0.39 is 58.8 Å². The van der Waals surface area contributed by atoms with Crippen LogP contribution in [0.25, 0.3) is 10.4 Å². The molecule has 0 heterocycles. The van der Waals surface area contributed by atoms with Crippen LogP contribution < -0.4 is 4.90 Å². The van der Waals surface area contributed by atoms with E-state index in [1.54, 1.807) is 45.0 Å². The van der Waals surface area contributed by atoms with E-state index in [4.69, 9.17) is 24.5 Å². The second-order valence-corrected chi connectivity index (χ2v) is 20.9. The van der Waals surface area contributed by atoms with Crippen LogP contribution in [0.4, 0.5) is 22.7 Å². The maximum absolute atomic E-state index is 13.7. The van der Waals surface area contributed by atoms with Crippen molar-refractivity contribution in [2.24, 2.45) is 31.6 Å². The molecule has 60 heavy (non-hydrogen) atoms. The molecule has 0 amide bonds. The minimum atomic E-state index is -1.64. The molecule has 17 nitrogen and oxygen atoms in total. The molecule has 2 aromatic rings. The molecule has 3 atom stereocenters. The molecular weight excluding hydrogens is 791 g/mol. The number of azo groups is 1. The predicted molar refractivity (Wildman–Crippen MR) is 230 cm³/mol. The van der Waals surface area contributed by atoms with Gasteiger partial charge < -0.3 is 23.8 Å². The van der Waals surface area contributed by atoms with Crippen LogP contribution in [0.5, 0.6) is 0 Å². The van der Waals surface area contributed by atoms with Crippen LogP contribution in [-0.2, 0) is 33.3 Å². The fraction of sp³-hybridized carbons (Fsp3) is 0.571. The zero-order chi connectivity index (χ0) is 45.1. The molecule has 0 aliphatic rings. The Morgan fingerprint density at radius 1 is 0.867 bits per heavy atom. The van der Waals surface area contributed by atoms with Gasteiger partial charge in [0.1, 0.15) is 14.7 Å². The Balaban J connectivity index is 2.12. The highest BCUT2D eigenvalue weighted by Gasteiger charge is 2.50. The Morgan fingerprint density at radius 2 is 1.47 bits per heavy atom. The number of hydrogen-bond acceptors (Lipinski definition) is 14. The highest BCUT2D eigenvalue weighted by atomic mass is 28.3. The number of carbonyl (C=O) groups excluding carboxylic acids is 4. The largest absolute Gasteiger partial charge is 0.469 e. The molecule has 0 aliphatic carbocycles. The number of nitrogens with zero attached hydrogens (tertiary/aromatic N) is 7. The molecule has 0 bridgehead atoms. The summed E-state index contributed by atoms with van der Waals surface area (Å²) < 4.78 is 21.7. The lowest BCUT2D eigenvalue weighted by atomic mass is 9.64. The second-order valence-electron chi connectivity index (χ2n) is 16.2. The number of carbonyl (C=O) groups is 4. The number of ether oxygens (including phenoxy) is 4. The summed E-state index contributed by atoms with van der Waals surface area (Å²) in [5, 5.41) is 23.5. The number of methoxy groups -OCH3 is 1. The number of rotatable bonds is 23. The van der Waals surface area contributed by atoms with Gasteiger partial charge in [0.05, 0.1) is 52.7 Å². The standard InChI is InChI=1S/C42H59N7O10Si/c1-11-40(4,38(52)58-24-14-22-44-47-43)29-42(6,37(51)56-7)30-41(5,12-2)39(53)59-26-23-48(13-3)33-19-17-32(18-20-33)45-46-34-21-16-31(28-35(34)49(54)55)36(50)57-25-15-27-60(8,9)10/h16-21,28H,11-14,22-26,29-30H2,1-10H3. The summed E-state index contributed by atoms with van der Waals surface area (Å²) in [6.07, 6.45) is 1.20. The number of nitro groups is 1. The molecule has 0 radical (unpaired) electrons. The summed E-state index contributed by atoms with van der Waals surface area (Å²) in [7, 11) is -0.366. The summed E-state index contributed by atoms with van der Waals surface area (Å²) >= 11 is 0. The molecule has 18 heteroatoms. The van der Waals surface area contributed by atoms with Crippen molar-refractivity contribution in [1.82, 2.24) is 0 Å². The van der Waals surface area contributed by atoms with E-state index in [0.717, 1.165) is 11.8 Å². The first-order chi connectivity index (χ1) is 28.2. The van der Waals surface area contributed by atoms with Crippen molar-refractivity contribution in [1.29, 1.82) is 0 Å². The fourth-order valence-electron chi connectivity index (χ4n) is 6.48. The Labute approximate surface area is 353 Å². The minimum absolute atomic E-state index is 0.00385. The van der Waals surface area contributed by atoms with Gasteiger partial charge in [-0.05, 0) is 102 Å². The number of azide groups is 1. The number of benzene rings is 2. The van der Waals surface area contributed by atoms with Crippen LogP contribution in [-0.4, -0.2) is 83.4 Å². The Morgan fingerprint density at radius 3 is 1.98 bits per heavy atom. The fourth-order valence-corrected chi connectivity index (χ4v) is 7.08. The number of anilines is 1. The number of esters is 4. The Kier molecular flexibility index (Phi) is 19.4. The lowest BCUT2D eigenvalue weighted by Gasteiger charge is -2.40. The zero-order valence-electron chi connectivity index (χ0n) is 36.5. The quantitative estimate of drug-likeness (QED) is 0.00977. The van der Waals surface area contributed by atoms with E-state index in [0.29, 0.717) is 38.0 Å². The van der Waals surface area contributed by atoms with E-state index in [1.807, 2.05) is 25.7 Å². The van der Waals surface area contributed by atoms with Crippen molar-refractivity contribution < 1.29 is 43.0 Å². The van der Waals surface area contributed by atoms with Crippen LogP contribution in [0.1, 0.15) is 84.0 Å². The average Bonchev–Trinajstić information content (AvgIpc) is 3.22. The van der Waals surface area contributed by atoms with Gasteiger partial charge in [-0.1, -0.05) is 44.5 Å². The second kappa shape index (κ2) is 23.1. The molecule has 0 saturated carbocycles. The third kappa shape index (κ3) is 15.1. The monoisotopic (exact) mass is 849 g/mol. The van der Waals surface area contributed by atoms with Gasteiger partial charge >= 0.3 is 23.9 Å². The molecule has 0 aliphatic heterocycles. The molecular formula is C42H59N7O10Si. The van der Waals surface area contributed by atoms with Crippen LogP contribution in [0, 0.1) is 37.8 Å². The Bertz CT molecular complexity index is 1970. The molecule has 2 aromatic carbocycles. The van der Waals surface area contributed by atoms with Gasteiger partial charge in [0.25, 0.3) is 5.69 Å². The summed E-state index contributed by atoms with van der Waals surface area (Å²) in [4.78, 5) is 68.6. The highest BCUT2D eigenvalue weighted by Crippen LogP contribution is 2.47. The molecule has 2 rings (SSSR count). The summed E-state index contributed by atoms with van der Waals surface area (Å²) in [6.45, 7) is 18.0. The van der Waals surface area contributed by atoms with Crippen molar-refractivity contribution in [3.05, 3.63) is 68.6 Å². The minimum Gasteiger partial charge on any atom is -0.469 e. The molecule has 3 unspecified atom stereocenters. The number of nitro benzene ring substituents is 1. The van der Waals surface area contributed by atoms with Gasteiger partial charge in [0.2, 0.25) is 0 Å². The van der Waals surface area contributed by atoms with Crippen molar-refractivity contribution in [3.63, 3.8) is 0 Å². The van der Waals surface area contributed by atoms with Crippen LogP contribution in [0.2, 0.25) is 19.6 Å². The Hall–Kier alpha value is -5.79. The maximum atomic E-state index is 13.7. The van der Waals surface area contributed by atoms with Crippen molar-refractivity contribution in [2.75, 3.05) is 51.5 Å². The average molecular weight is 850 g/mol. The summed E-state index contributed by atoms with van der Waals surface area (Å²) in [6, 6.07) is 10.8. The highest BCUT2D eigenvalue weighted by molar-refractivity contribution is 6.83. The lowest BCUT2D eigenvalue weighted by Crippen LogP contribution is -2.45. The smallest absolute Gasteiger partial charge is 0.339 e. The molecule has 0 saturated heterocycles. The van der Waals surface area contributed by atoms with Crippen molar-refractivity contribution in [2.45, 2.75) is 93.3 Å². The lowest BCUT2D eigenvalue weighted by molar-refractivity contribution is -0.384. The van der Waals surface area contributed by atoms with Crippen LogP contribution >= 0.6 is 0 Å². The number of hydrogen-bond donors (Lipinski definition) is 0. The summed E-state index contributed by atoms with van der Waals surface area (Å²) in [5.74, 6) is 0.551. The first-order valence-corrected chi connectivity index (χ1v) is 23.4. The van der Waals surface area contributed by atoms with Crippen LogP contribution in [0.3, 0.4) is 0 Å². The van der Waals surface area contributed by atoms with Crippen molar-refractivity contribution in [3.8, 4) is 11.5 Å². The van der Waals surface area contributed by atoms with Gasteiger partial charge in [-0.3, -0.25) is 24.5 Å². The van der Waals surface area contributed by atoms with E-state index in [1.165, 1.54) is 19.2 Å². The van der Waals surface area contributed by atoms with Gasteiger partial charge in [-0.25, -0.2) is 4.79 Å². The van der Waals surface area contributed by atoms with Gasteiger partial charge in [0.15, 0.2) is 12.3 Å². The SMILES string of the molecule is CCN(CCOC(=O)C(C)(CC)CC(C)(CC(C)(CC)C(=O)OCCCN=[N+]=[N-])C(=O)OC)c1ccc(N=Nc2ccc(C(=O)OCC#C[Si](C)(C)C)cc2[N+](=O)[O-])cc1.